The minimum atomic E-state index is -0.756. The zero-order valence-electron chi connectivity index (χ0n) is 13.9. The van der Waals surface area contributed by atoms with Gasteiger partial charge in [0, 0.05) is 0 Å². The van der Waals surface area contributed by atoms with Gasteiger partial charge in [0.1, 0.15) is 12.1 Å². The summed E-state index contributed by atoms with van der Waals surface area (Å²) >= 11 is 0. The van der Waals surface area contributed by atoms with Crippen LogP contribution in [0.2, 0.25) is 0 Å². The Morgan fingerprint density at radius 3 is 1.50 bits per heavy atom. The summed E-state index contributed by atoms with van der Waals surface area (Å²) in [5, 5.41) is 8.88. The van der Waals surface area contributed by atoms with Gasteiger partial charge in [-0.15, -0.1) is 0 Å². The summed E-state index contributed by atoms with van der Waals surface area (Å²) in [4.78, 5) is 55.8. The number of primary amides is 1. The first-order valence-electron chi connectivity index (χ1n) is 7.05. The quantitative estimate of drug-likeness (QED) is 0.322. The fourth-order valence-corrected chi connectivity index (χ4v) is 1.20. The topological polar surface area (TPSA) is 169 Å². The van der Waals surface area contributed by atoms with Gasteiger partial charge in [-0.3, -0.25) is 19.2 Å². The monoisotopic (exact) mass is 345 g/mol. The van der Waals surface area contributed by atoms with E-state index in [1.807, 2.05) is 0 Å². The third-order valence-corrected chi connectivity index (χ3v) is 2.14. The molecule has 0 aromatic heterocycles. The van der Waals surface area contributed by atoms with Gasteiger partial charge in [-0.2, -0.15) is 0 Å². The van der Waals surface area contributed by atoms with E-state index >= 15 is 0 Å². The fraction of sp³-hybridized carbons (Fsp3) is 0.615. The molecule has 0 saturated carbocycles. The van der Waals surface area contributed by atoms with Gasteiger partial charge in [0.15, 0.2) is 0 Å². The number of amides is 5. The van der Waals surface area contributed by atoms with Crippen molar-refractivity contribution in [1.29, 1.82) is 0 Å². The van der Waals surface area contributed by atoms with E-state index in [-0.39, 0.29) is 26.2 Å². The molecule has 0 aliphatic rings. The van der Waals surface area contributed by atoms with Crippen LogP contribution in [0, 0.1) is 0 Å². The lowest BCUT2D eigenvalue weighted by molar-refractivity contribution is -0.128. The Hall–Kier alpha value is -2.85. The first kappa shape index (κ1) is 21.1. The van der Waals surface area contributed by atoms with Gasteiger partial charge in [0.2, 0.25) is 23.6 Å². The third kappa shape index (κ3) is 12.9. The molecule has 0 aromatic carbocycles. The molecule has 5 amide bonds. The van der Waals surface area contributed by atoms with Crippen molar-refractivity contribution >= 4 is 29.7 Å². The zero-order chi connectivity index (χ0) is 18.8. The van der Waals surface area contributed by atoms with Crippen molar-refractivity contribution in [2.45, 2.75) is 26.4 Å². The van der Waals surface area contributed by atoms with E-state index in [2.05, 4.69) is 21.3 Å². The molecule has 0 radical (unpaired) electrons. The van der Waals surface area contributed by atoms with Crippen molar-refractivity contribution in [2.24, 2.45) is 5.73 Å². The molecule has 11 nitrogen and oxygen atoms in total. The molecule has 0 rings (SSSR count). The number of carbonyl (C=O) groups excluding carboxylic acids is 5. The van der Waals surface area contributed by atoms with Crippen LogP contribution in [0.15, 0.2) is 0 Å². The van der Waals surface area contributed by atoms with Crippen LogP contribution in [0.1, 0.15) is 20.8 Å². The second kappa shape index (κ2) is 10.0. The largest absolute Gasteiger partial charge is 0.444 e. The Morgan fingerprint density at radius 2 is 1.12 bits per heavy atom. The van der Waals surface area contributed by atoms with Crippen LogP contribution in [-0.4, -0.2) is 61.5 Å². The highest BCUT2D eigenvalue weighted by Gasteiger charge is 2.16. The second-order valence-electron chi connectivity index (χ2n) is 5.65. The van der Waals surface area contributed by atoms with Crippen molar-refractivity contribution in [3.05, 3.63) is 0 Å². The van der Waals surface area contributed by atoms with Crippen molar-refractivity contribution in [2.75, 3.05) is 26.2 Å². The predicted molar refractivity (Wildman–Crippen MR) is 82.5 cm³/mol. The summed E-state index contributed by atoms with van der Waals surface area (Å²) < 4.78 is 4.93. The predicted octanol–water partition coefficient (Wildman–Crippen LogP) is -2.65. The molecule has 6 N–H and O–H groups in total. The molecule has 0 fully saturated rings. The van der Waals surface area contributed by atoms with E-state index in [0.29, 0.717) is 0 Å². The Morgan fingerprint density at radius 1 is 0.750 bits per heavy atom. The van der Waals surface area contributed by atoms with Gasteiger partial charge in [0.05, 0.1) is 19.6 Å². The van der Waals surface area contributed by atoms with Crippen molar-refractivity contribution < 1.29 is 28.7 Å². The summed E-state index contributed by atoms with van der Waals surface area (Å²) in [6.45, 7) is 3.60. The minimum Gasteiger partial charge on any atom is -0.444 e. The summed E-state index contributed by atoms with van der Waals surface area (Å²) in [5.74, 6) is -2.52. The van der Waals surface area contributed by atoms with Crippen LogP contribution in [-0.2, 0) is 23.9 Å². The molecule has 0 spiro atoms. The van der Waals surface area contributed by atoms with E-state index in [0.717, 1.165) is 0 Å². The number of carbonyl (C=O) groups is 5. The number of alkyl carbamates (subject to hydrolysis) is 1. The first-order valence-corrected chi connectivity index (χ1v) is 7.05. The van der Waals surface area contributed by atoms with Crippen LogP contribution in [0.4, 0.5) is 4.79 Å². The lowest BCUT2D eigenvalue weighted by Gasteiger charge is -2.19. The maximum Gasteiger partial charge on any atom is 0.408 e. The summed E-state index contributed by atoms with van der Waals surface area (Å²) in [6.07, 6.45) is -0.756. The lowest BCUT2D eigenvalue weighted by atomic mass is 10.2. The van der Waals surface area contributed by atoms with Crippen LogP contribution in [0.5, 0.6) is 0 Å². The van der Waals surface area contributed by atoms with E-state index in [4.69, 9.17) is 10.5 Å². The van der Waals surface area contributed by atoms with Crippen LogP contribution in [0.3, 0.4) is 0 Å². The van der Waals surface area contributed by atoms with Crippen molar-refractivity contribution in [1.82, 2.24) is 21.3 Å². The highest BCUT2D eigenvalue weighted by Crippen LogP contribution is 2.05. The highest BCUT2D eigenvalue weighted by atomic mass is 16.6. The zero-order valence-corrected chi connectivity index (χ0v) is 13.9. The van der Waals surface area contributed by atoms with E-state index in [9.17, 15) is 24.0 Å². The first-order chi connectivity index (χ1) is 11.0. The molecule has 0 aliphatic heterocycles. The van der Waals surface area contributed by atoms with Crippen LogP contribution in [0.25, 0.3) is 0 Å². The molecule has 24 heavy (non-hydrogen) atoms. The molecule has 0 saturated heterocycles. The van der Waals surface area contributed by atoms with Gasteiger partial charge < -0.3 is 31.7 Å². The van der Waals surface area contributed by atoms with Gasteiger partial charge >= 0.3 is 6.09 Å². The molecule has 0 aromatic rings. The van der Waals surface area contributed by atoms with Gasteiger partial charge in [-0.25, -0.2) is 4.79 Å². The SMILES string of the molecule is CC(C)(C)OC(=O)NCC(=O)NCC(=O)NCC(=O)NCC(N)=O. The molecule has 0 atom stereocenters. The van der Waals surface area contributed by atoms with Gasteiger partial charge in [0.25, 0.3) is 0 Å². The molecule has 0 bridgehead atoms. The van der Waals surface area contributed by atoms with Crippen LogP contribution >= 0.6 is 0 Å². The molecular formula is C13H23N5O6. The average molecular weight is 345 g/mol. The normalized spacial score (nSPS) is 10.3. The summed E-state index contributed by atoms with van der Waals surface area (Å²) in [5.41, 5.74) is 4.15. The summed E-state index contributed by atoms with van der Waals surface area (Å²) in [7, 11) is 0. The fourth-order valence-electron chi connectivity index (χ4n) is 1.20. The van der Waals surface area contributed by atoms with E-state index in [1.54, 1.807) is 20.8 Å². The third-order valence-electron chi connectivity index (χ3n) is 2.14. The molecule has 0 heterocycles. The van der Waals surface area contributed by atoms with Crippen LogP contribution < -0.4 is 27.0 Å². The van der Waals surface area contributed by atoms with Gasteiger partial charge in [-0.05, 0) is 20.8 Å². The number of hydrogen-bond donors (Lipinski definition) is 5. The molecule has 136 valence electrons. The second-order valence-corrected chi connectivity index (χ2v) is 5.65. The Kier molecular flexibility index (Phi) is 8.83. The molecular weight excluding hydrogens is 322 g/mol. The van der Waals surface area contributed by atoms with E-state index < -0.39 is 35.3 Å². The standard InChI is InChI=1S/C13H23N5O6/c1-13(2,3)24-12(23)18-7-11(22)17-6-10(21)16-5-9(20)15-4-8(14)19/h4-7H2,1-3H3,(H2,14,19)(H,15,20)(H,16,21)(H,17,22)(H,18,23). The van der Waals surface area contributed by atoms with E-state index in [1.165, 1.54) is 0 Å². The molecule has 11 heteroatoms. The summed E-state index contributed by atoms with van der Waals surface area (Å²) in [6, 6.07) is 0. The van der Waals surface area contributed by atoms with Gasteiger partial charge in [-0.1, -0.05) is 0 Å². The minimum absolute atomic E-state index is 0.332. The Balaban J connectivity index is 3.86. The lowest BCUT2D eigenvalue weighted by Crippen LogP contribution is -2.45. The molecule has 0 unspecified atom stereocenters. The number of rotatable bonds is 8. The van der Waals surface area contributed by atoms with Crippen molar-refractivity contribution in [3.63, 3.8) is 0 Å². The Bertz CT molecular complexity index is 500. The number of nitrogens with one attached hydrogen (secondary N) is 4. The maximum atomic E-state index is 11.4. The smallest absolute Gasteiger partial charge is 0.408 e. The van der Waals surface area contributed by atoms with Crippen molar-refractivity contribution in [3.8, 4) is 0 Å². The Labute approximate surface area is 139 Å². The number of hydrogen-bond acceptors (Lipinski definition) is 6. The number of ether oxygens (including phenoxy) is 1. The highest BCUT2D eigenvalue weighted by molar-refractivity contribution is 5.90. The molecule has 0 aliphatic carbocycles. The number of nitrogens with two attached hydrogens (primary N) is 1. The maximum absolute atomic E-state index is 11.4. The average Bonchev–Trinajstić information content (AvgIpc) is 2.44.